The molecule has 0 aromatic heterocycles. The molecular formula is C12H22ClN3O7. The molecule has 1 aliphatic heterocycles. The number of halogens is 1. The van der Waals surface area contributed by atoms with E-state index in [9.17, 15) is 25.0 Å². The number of carbonyl (C=O) groups is 1. The van der Waals surface area contributed by atoms with Crippen molar-refractivity contribution in [2.75, 3.05) is 19.0 Å². The molecule has 0 radical (unpaired) electrons. The van der Waals surface area contributed by atoms with E-state index in [2.05, 4.69) is 5.29 Å². The predicted molar refractivity (Wildman–Crippen MR) is 79.2 cm³/mol. The first kappa shape index (κ1) is 20.0. The van der Waals surface area contributed by atoms with Crippen LogP contribution in [0.25, 0.3) is 0 Å². The number of aliphatic hydroxyl groups is 3. The minimum atomic E-state index is -1.68. The third kappa shape index (κ3) is 5.52. The van der Waals surface area contributed by atoms with Crippen LogP contribution in [-0.2, 0) is 9.47 Å². The highest BCUT2D eigenvalue weighted by Gasteiger charge is 2.47. The van der Waals surface area contributed by atoms with Crippen LogP contribution in [0.3, 0.4) is 0 Å². The van der Waals surface area contributed by atoms with Crippen LogP contribution in [0.5, 0.6) is 0 Å². The molecule has 0 spiro atoms. The van der Waals surface area contributed by atoms with Gasteiger partial charge in [0.1, 0.15) is 18.3 Å². The lowest BCUT2D eigenvalue weighted by Crippen LogP contribution is -2.51. The Morgan fingerprint density at radius 1 is 1.43 bits per heavy atom. The Kier molecular flexibility index (Phi) is 8.09. The number of nitrogens with one attached hydrogen (secondary N) is 1. The van der Waals surface area contributed by atoms with E-state index in [-0.39, 0.29) is 24.9 Å². The molecule has 1 unspecified atom stereocenters. The monoisotopic (exact) mass is 355 g/mol. The summed E-state index contributed by atoms with van der Waals surface area (Å²) in [6, 6.07) is -1.01. The smallest absolute Gasteiger partial charge is 0.342 e. The Balaban J connectivity index is 2.60. The molecule has 1 heterocycles. The summed E-state index contributed by atoms with van der Waals surface area (Å²) in [5, 5.41) is 34.6. The topological polar surface area (TPSA) is 141 Å². The fraction of sp³-hybridized carbons (Fsp3) is 0.917. The van der Waals surface area contributed by atoms with E-state index >= 15 is 0 Å². The van der Waals surface area contributed by atoms with E-state index in [1.54, 1.807) is 0 Å². The van der Waals surface area contributed by atoms with Crippen LogP contribution in [0.1, 0.15) is 13.8 Å². The first-order valence-electron chi connectivity index (χ1n) is 7.10. The van der Waals surface area contributed by atoms with Gasteiger partial charge in [-0.1, -0.05) is 13.8 Å². The van der Waals surface area contributed by atoms with Gasteiger partial charge in [-0.05, 0) is 5.92 Å². The molecule has 0 aromatic carbocycles. The van der Waals surface area contributed by atoms with E-state index in [4.69, 9.17) is 21.1 Å². The molecule has 0 saturated carbocycles. The van der Waals surface area contributed by atoms with Crippen LogP contribution in [0.4, 0.5) is 4.79 Å². The molecule has 11 heteroatoms. The molecule has 2 amide bonds. The van der Waals surface area contributed by atoms with E-state index < -0.39 is 36.9 Å². The number of urea groups is 1. The van der Waals surface area contributed by atoms with Crippen molar-refractivity contribution >= 4 is 17.6 Å². The summed E-state index contributed by atoms with van der Waals surface area (Å²) >= 11 is 5.41. The minimum Gasteiger partial charge on any atom is -0.387 e. The van der Waals surface area contributed by atoms with Gasteiger partial charge in [0.25, 0.3) is 0 Å². The van der Waals surface area contributed by atoms with Gasteiger partial charge in [0.15, 0.2) is 12.5 Å². The summed E-state index contributed by atoms with van der Waals surface area (Å²) < 4.78 is 10.5. The fourth-order valence-corrected chi connectivity index (χ4v) is 2.06. The summed E-state index contributed by atoms with van der Waals surface area (Å²) in [4.78, 5) is 22.2. The van der Waals surface area contributed by atoms with Crippen LogP contribution in [0, 0.1) is 10.8 Å². The lowest BCUT2D eigenvalue weighted by Gasteiger charge is -2.23. The molecule has 134 valence electrons. The molecule has 1 fully saturated rings. The molecule has 0 aliphatic carbocycles. The van der Waals surface area contributed by atoms with Crippen LogP contribution >= 0.6 is 11.6 Å². The second kappa shape index (κ2) is 9.30. The van der Waals surface area contributed by atoms with Crippen LogP contribution in [0.2, 0.25) is 0 Å². The Morgan fingerprint density at radius 2 is 2.09 bits per heavy atom. The number of nitroso groups, excluding NO2 is 1. The van der Waals surface area contributed by atoms with Gasteiger partial charge >= 0.3 is 6.03 Å². The number of ether oxygens (including phenoxy) is 2. The van der Waals surface area contributed by atoms with Gasteiger partial charge in [0.05, 0.1) is 18.4 Å². The quantitative estimate of drug-likeness (QED) is 0.196. The van der Waals surface area contributed by atoms with Crippen molar-refractivity contribution in [1.29, 1.82) is 0 Å². The van der Waals surface area contributed by atoms with E-state index in [1.807, 2.05) is 19.2 Å². The number of carbonyl (C=O) groups excluding carboxylic acids is 1. The molecular weight excluding hydrogens is 334 g/mol. The zero-order valence-corrected chi connectivity index (χ0v) is 13.6. The highest BCUT2D eigenvalue weighted by molar-refractivity contribution is 6.18. The minimum absolute atomic E-state index is 0.0262. The third-order valence-corrected chi connectivity index (χ3v) is 3.23. The molecule has 4 N–H and O–H groups in total. The fourth-order valence-electron chi connectivity index (χ4n) is 1.90. The largest absolute Gasteiger partial charge is 0.387 e. The van der Waals surface area contributed by atoms with Gasteiger partial charge in [-0.3, -0.25) is 0 Å². The molecule has 1 saturated heterocycles. The average molecular weight is 356 g/mol. The molecule has 1 aliphatic rings. The summed E-state index contributed by atoms with van der Waals surface area (Å²) in [5.74, 6) is 0.149. The Bertz CT molecular complexity index is 401. The van der Waals surface area contributed by atoms with Crippen molar-refractivity contribution in [2.24, 2.45) is 11.2 Å². The first-order valence-corrected chi connectivity index (χ1v) is 7.63. The second-order valence-electron chi connectivity index (χ2n) is 5.47. The van der Waals surface area contributed by atoms with Gasteiger partial charge in [0, 0.05) is 5.88 Å². The standard InChI is InChI=1S/C12H22ClN3O7/c1-6(2)5-22-11-8(18)7(17)9(23-11)10(19)14-12(20)16(15-21)4-3-13/h6-11,17-19H,3-5H2,1-2H3,(H,14,20)/t7-,8-,9+,10?,11+/m1/s1. The Labute approximate surface area is 138 Å². The van der Waals surface area contributed by atoms with Crippen molar-refractivity contribution in [3.63, 3.8) is 0 Å². The number of hydrogen-bond donors (Lipinski definition) is 4. The van der Waals surface area contributed by atoms with Crippen molar-refractivity contribution in [2.45, 2.75) is 44.7 Å². The molecule has 5 atom stereocenters. The zero-order valence-electron chi connectivity index (χ0n) is 12.8. The van der Waals surface area contributed by atoms with E-state index in [1.165, 1.54) is 0 Å². The maximum absolute atomic E-state index is 11.7. The van der Waals surface area contributed by atoms with Crippen molar-refractivity contribution < 1.29 is 29.6 Å². The Morgan fingerprint density at radius 3 is 2.61 bits per heavy atom. The predicted octanol–water partition coefficient (Wildman–Crippen LogP) is -0.644. The average Bonchev–Trinajstić information content (AvgIpc) is 2.78. The van der Waals surface area contributed by atoms with Gasteiger partial charge < -0.3 is 30.1 Å². The van der Waals surface area contributed by atoms with E-state index in [0.717, 1.165) is 0 Å². The highest BCUT2D eigenvalue weighted by Crippen LogP contribution is 2.24. The van der Waals surface area contributed by atoms with E-state index in [0.29, 0.717) is 5.01 Å². The maximum atomic E-state index is 11.7. The lowest BCUT2D eigenvalue weighted by atomic mass is 10.1. The van der Waals surface area contributed by atoms with Crippen LogP contribution in [0.15, 0.2) is 5.29 Å². The van der Waals surface area contributed by atoms with Crippen molar-refractivity contribution in [3.05, 3.63) is 4.91 Å². The Hall–Kier alpha value is -1.04. The molecule has 0 bridgehead atoms. The molecule has 1 rings (SSSR count). The summed E-state index contributed by atoms with van der Waals surface area (Å²) in [6.45, 7) is 3.91. The maximum Gasteiger partial charge on any atom is 0.342 e. The first-order chi connectivity index (χ1) is 10.8. The molecule has 0 aromatic rings. The number of rotatable bonds is 8. The summed E-state index contributed by atoms with van der Waals surface area (Å²) in [5.41, 5.74) is 0. The van der Waals surface area contributed by atoms with Crippen LogP contribution in [-0.4, -0.2) is 76.2 Å². The molecule has 23 heavy (non-hydrogen) atoms. The number of amides is 2. The highest BCUT2D eigenvalue weighted by atomic mass is 35.5. The normalized spacial score (nSPS) is 28.7. The number of aliphatic hydroxyl groups excluding tert-OH is 3. The zero-order chi connectivity index (χ0) is 17.6. The SMILES string of the molecule is CC(C)CO[C@H]1O[C@H](C(O)NC(=O)N(CCCl)N=O)[C@H](O)[C@H]1O. The van der Waals surface area contributed by atoms with Crippen molar-refractivity contribution in [3.8, 4) is 0 Å². The number of hydrogen-bond acceptors (Lipinski definition) is 8. The second-order valence-corrected chi connectivity index (χ2v) is 5.84. The van der Waals surface area contributed by atoms with Crippen molar-refractivity contribution in [1.82, 2.24) is 10.3 Å². The van der Waals surface area contributed by atoms with Gasteiger partial charge in [0.2, 0.25) is 0 Å². The number of nitrogens with zero attached hydrogens (tertiary/aromatic N) is 2. The van der Waals surface area contributed by atoms with Crippen LogP contribution < -0.4 is 5.32 Å². The molecule has 10 nitrogen and oxygen atoms in total. The van der Waals surface area contributed by atoms with Gasteiger partial charge in [-0.25, -0.2) is 4.79 Å². The summed E-state index contributed by atoms with van der Waals surface area (Å²) in [7, 11) is 0. The van der Waals surface area contributed by atoms with Gasteiger partial charge in [-0.15, -0.1) is 16.5 Å². The number of alkyl halides is 1. The third-order valence-electron chi connectivity index (χ3n) is 3.06. The van der Waals surface area contributed by atoms with Gasteiger partial charge in [-0.2, -0.15) is 5.01 Å². The summed E-state index contributed by atoms with van der Waals surface area (Å²) in [6.07, 6.45) is -7.00. The lowest BCUT2D eigenvalue weighted by molar-refractivity contribution is -0.183.